The van der Waals surface area contributed by atoms with E-state index in [1.54, 1.807) is 0 Å². The molecule has 1 aromatic rings. The summed E-state index contributed by atoms with van der Waals surface area (Å²) in [4.78, 5) is 21.5. The van der Waals surface area contributed by atoms with Gasteiger partial charge in [0.15, 0.2) is 11.5 Å². The van der Waals surface area contributed by atoms with Gasteiger partial charge in [0.25, 0.3) is 0 Å². The first kappa shape index (κ1) is 12.8. The summed E-state index contributed by atoms with van der Waals surface area (Å²) in [6, 6.07) is 2.55. The van der Waals surface area contributed by atoms with Crippen molar-refractivity contribution in [3.63, 3.8) is 0 Å². The lowest BCUT2D eigenvalue weighted by atomic mass is 10.1. The Morgan fingerprint density at radius 3 is 2.24 bits per heavy atom. The Morgan fingerprint density at radius 2 is 1.82 bits per heavy atom. The molecule has 0 aliphatic rings. The maximum Gasteiger partial charge on any atom is 0.335 e. The average Bonchev–Trinajstić information content (AvgIpc) is 2.26. The van der Waals surface area contributed by atoms with Crippen LogP contribution in [0.1, 0.15) is 15.9 Å². The average molecular weight is 240 g/mol. The second kappa shape index (κ2) is 5.20. The van der Waals surface area contributed by atoms with E-state index in [9.17, 15) is 9.59 Å². The Balaban J connectivity index is 3.36. The first-order valence-electron chi connectivity index (χ1n) is 4.69. The van der Waals surface area contributed by atoms with Gasteiger partial charge in [0.05, 0.1) is 26.2 Å². The Bertz CT molecular complexity index is 452. The highest BCUT2D eigenvalue weighted by Crippen LogP contribution is 2.33. The predicted molar refractivity (Wildman–Crippen MR) is 57.8 cm³/mol. The van der Waals surface area contributed by atoms with Crippen molar-refractivity contribution >= 4 is 11.9 Å². The van der Waals surface area contributed by atoms with Gasteiger partial charge in [0, 0.05) is 5.56 Å². The quantitative estimate of drug-likeness (QED) is 0.798. The fourth-order valence-corrected chi connectivity index (χ4v) is 1.46. The molecule has 0 unspecified atom stereocenters. The fraction of sp³-hybridized carbons (Fsp3) is 0.273. The molecule has 6 nitrogen and oxygen atoms in total. The largest absolute Gasteiger partial charge is 0.493 e. The standard InChI is InChI=1S/C11H12O6/c1-16-8-4-7(11(14)15)3-6(5-9(12)13)10(8)17-2/h3-4H,5H2,1-2H3,(H,12,13)(H,14,15). The molecule has 0 radical (unpaired) electrons. The van der Waals surface area contributed by atoms with Gasteiger partial charge in [-0.3, -0.25) is 4.79 Å². The van der Waals surface area contributed by atoms with E-state index in [0.29, 0.717) is 0 Å². The first-order chi connectivity index (χ1) is 7.99. The number of ether oxygens (including phenoxy) is 2. The molecule has 0 aromatic heterocycles. The number of carbonyl (C=O) groups is 2. The van der Waals surface area contributed by atoms with Crippen molar-refractivity contribution in [1.29, 1.82) is 0 Å². The second-order valence-corrected chi connectivity index (χ2v) is 3.25. The SMILES string of the molecule is COc1cc(C(=O)O)cc(CC(=O)O)c1OC. The summed E-state index contributed by atoms with van der Waals surface area (Å²) in [5, 5.41) is 17.6. The maximum atomic E-state index is 10.9. The van der Waals surface area contributed by atoms with E-state index in [4.69, 9.17) is 19.7 Å². The number of hydrogen-bond acceptors (Lipinski definition) is 4. The number of hydrogen-bond donors (Lipinski definition) is 2. The predicted octanol–water partition coefficient (Wildman–Crippen LogP) is 1.03. The molecule has 1 rings (SSSR count). The molecule has 0 atom stereocenters. The number of carboxylic acids is 2. The minimum absolute atomic E-state index is 0.0427. The van der Waals surface area contributed by atoms with E-state index in [1.165, 1.54) is 26.4 Å². The number of aliphatic carboxylic acids is 1. The van der Waals surface area contributed by atoms with Gasteiger partial charge in [-0.05, 0) is 12.1 Å². The third-order valence-electron chi connectivity index (χ3n) is 2.14. The number of carboxylic acid groups (broad SMARTS) is 2. The van der Waals surface area contributed by atoms with Gasteiger partial charge in [-0.2, -0.15) is 0 Å². The molecule has 2 N–H and O–H groups in total. The zero-order valence-corrected chi connectivity index (χ0v) is 9.39. The summed E-state index contributed by atoms with van der Waals surface area (Å²) in [5.41, 5.74) is 0.218. The van der Waals surface area contributed by atoms with Gasteiger partial charge >= 0.3 is 11.9 Å². The van der Waals surface area contributed by atoms with Gasteiger partial charge in [-0.1, -0.05) is 0 Å². The zero-order valence-electron chi connectivity index (χ0n) is 9.39. The van der Waals surface area contributed by atoms with Crippen molar-refractivity contribution in [2.75, 3.05) is 14.2 Å². The topological polar surface area (TPSA) is 93.1 Å². The summed E-state index contributed by atoms with van der Waals surface area (Å²) in [6.07, 6.45) is -0.333. The van der Waals surface area contributed by atoms with E-state index in [-0.39, 0.29) is 29.0 Å². The van der Waals surface area contributed by atoms with Crippen LogP contribution in [0, 0.1) is 0 Å². The monoisotopic (exact) mass is 240 g/mol. The zero-order chi connectivity index (χ0) is 13.0. The summed E-state index contributed by atoms with van der Waals surface area (Å²) in [5.74, 6) is -1.80. The van der Waals surface area contributed by atoms with Crippen molar-refractivity contribution in [3.8, 4) is 11.5 Å². The Labute approximate surface area is 97.4 Å². The van der Waals surface area contributed by atoms with E-state index >= 15 is 0 Å². The van der Waals surface area contributed by atoms with Crippen LogP contribution in [0.25, 0.3) is 0 Å². The van der Waals surface area contributed by atoms with Crippen LogP contribution in [0.5, 0.6) is 11.5 Å². The summed E-state index contributed by atoms with van der Waals surface area (Å²) < 4.78 is 9.99. The molecule has 0 aliphatic carbocycles. The molecule has 0 bridgehead atoms. The number of aromatic carboxylic acids is 1. The van der Waals surface area contributed by atoms with Gasteiger partial charge in [0.2, 0.25) is 0 Å². The minimum Gasteiger partial charge on any atom is -0.493 e. The van der Waals surface area contributed by atoms with Crippen molar-refractivity contribution in [2.24, 2.45) is 0 Å². The molecule has 0 saturated heterocycles. The van der Waals surface area contributed by atoms with Crippen molar-refractivity contribution in [3.05, 3.63) is 23.3 Å². The molecule has 0 fully saturated rings. The van der Waals surface area contributed by atoms with E-state index in [1.807, 2.05) is 0 Å². The van der Waals surface area contributed by atoms with E-state index in [0.717, 1.165) is 0 Å². The van der Waals surface area contributed by atoms with Crippen molar-refractivity contribution < 1.29 is 29.3 Å². The van der Waals surface area contributed by atoms with E-state index in [2.05, 4.69) is 0 Å². The third kappa shape index (κ3) is 2.87. The van der Waals surface area contributed by atoms with Crippen LogP contribution in [0.2, 0.25) is 0 Å². The first-order valence-corrected chi connectivity index (χ1v) is 4.69. The number of benzene rings is 1. The van der Waals surface area contributed by atoms with Gasteiger partial charge in [-0.25, -0.2) is 4.79 Å². The minimum atomic E-state index is -1.16. The third-order valence-corrected chi connectivity index (χ3v) is 2.14. The smallest absolute Gasteiger partial charge is 0.335 e. The Kier molecular flexibility index (Phi) is 3.92. The van der Waals surface area contributed by atoms with Gasteiger partial charge < -0.3 is 19.7 Å². The molecule has 6 heteroatoms. The van der Waals surface area contributed by atoms with Crippen LogP contribution in [0.3, 0.4) is 0 Å². The van der Waals surface area contributed by atoms with Crippen LogP contribution < -0.4 is 9.47 Å². The Hall–Kier alpha value is -2.24. The van der Waals surface area contributed by atoms with Crippen LogP contribution in [0.15, 0.2) is 12.1 Å². The van der Waals surface area contributed by atoms with Crippen LogP contribution in [-0.4, -0.2) is 36.4 Å². The normalized spacial score (nSPS) is 9.76. The molecule has 17 heavy (non-hydrogen) atoms. The molecule has 0 heterocycles. The number of methoxy groups -OCH3 is 2. The highest BCUT2D eigenvalue weighted by atomic mass is 16.5. The maximum absolute atomic E-state index is 10.9. The van der Waals surface area contributed by atoms with Crippen LogP contribution >= 0.6 is 0 Å². The molecule has 0 saturated carbocycles. The summed E-state index contributed by atoms with van der Waals surface area (Å²) in [7, 11) is 2.72. The molecule has 0 aliphatic heterocycles. The lowest BCUT2D eigenvalue weighted by Crippen LogP contribution is -2.06. The summed E-state index contributed by atoms with van der Waals surface area (Å²) >= 11 is 0. The van der Waals surface area contributed by atoms with Crippen molar-refractivity contribution in [2.45, 2.75) is 6.42 Å². The van der Waals surface area contributed by atoms with Crippen molar-refractivity contribution in [1.82, 2.24) is 0 Å². The number of rotatable bonds is 5. The molecule has 0 spiro atoms. The highest BCUT2D eigenvalue weighted by molar-refractivity contribution is 5.89. The lowest BCUT2D eigenvalue weighted by molar-refractivity contribution is -0.136. The molecule has 0 amide bonds. The van der Waals surface area contributed by atoms with Crippen LogP contribution in [0.4, 0.5) is 0 Å². The lowest BCUT2D eigenvalue weighted by Gasteiger charge is -2.12. The molecular formula is C11H12O6. The summed E-state index contributed by atoms with van der Waals surface area (Å²) in [6.45, 7) is 0. The van der Waals surface area contributed by atoms with Crippen LogP contribution in [-0.2, 0) is 11.2 Å². The van der Waals surface area contributed by atoms with Gasteiger partial charge in [0.1, 0.15) is 0 Å². The molecular weight excluding hydrogens is 228 g/mol. The van der Waals surface area contributed by atoms with E-state index < -0.39 is 11.9 Å². The second-order valence-electron chi connectivity index (χ2n) is 3.25. The van der Waals surface area contributed by atoms with Gasteiger partial charge in [-0.15, -0.1) is 0 Å². The Morgan fingerprint density at radius 1 is 1.18 bits per heavy atom. The molecule has 92 valence electrons. The fourth-order valence-electron chi connectivity index (χ4n) is 1.46. The highest BCUT2D eigenvalue weighted by Gasteiger charge is 2.17. The molecule has 1 aromatic carbocycles.